The van der Waals surface area contributed by atoms with Crippen LogP contribution in [0, 0.1) is 0 Å². The van der Waals surface area contributed by atoms with Crippen LogP contribution in [-0.4, -0.2) is 21.7 Å². The zero-order valence-electron chi connectivity index (χ0n) is 12.8. The van der Waals surface area contributed by atoms with Gasteiger partial charge in [0, 0.05) is 0 Å². The number of nitrogens with one attached hydrogen (secondary N) is 1. The Balaban J connectivity index is 1.58. The lowest BCUT2D eigenvalue weighted by Crippen LogP contribution is -2.22. The van der Waals surface area contributed by atoms with Crippen LogP contribution >= 0.6 is 11.6 Å². The van der Waals surface area contributed by atoms with Gasteiger partial charge in [-0.05, 0) is 23.8 Å². The number of allylic oxidation sites excluding steroid dienone is 1. The molecule has 1 heterocycles. The first-order valence-corrected chi connectivity index (χ1v) is 7.74. The van der Waals surface area contributed by atoms with Gasteiger partial charge in [-0.1, -0.05) is 54.1 Å². The summed E-state index contributed by atoms with van der Waals surface area (Å²) in [7, 11) is 0. The Labute approximate surface area is 144 Å². The molecule has 120 valence electrons. The number of hydrogen-bond donors (Lipinski definition) is 1. The van der Waals surface area contributed by atoms with Crippen LogP contribution in [0.2, 0.25) is 0 Å². The van der Waals surface area contributed by atoms with E-state index in [4.69, 9.17) is 11.6 Å². The molecular formula is C18H15ClN4O. The number of carbonyl (C=O) groups excluding carboxylic acids is 1. The molecule has 3 rings (SSSR count). The highest BCUT2D eigenvalue weighted by molar-refractivity contribution is 6.41. The van der Waals surface area contributed by atoms with Crippen LogP contribution in [0.3, 0.4) is 0 Å². The molecule has 0 fully saturated rings. The highest BCUT2D eigenvalue weighted by Crippen LogP contribution is 2.11. The number of aromatic nitrogens is 2. The van der Waals surface area contributed by atoms with Crippen molar-refractivity contribution >= 4 is 40.8 Å². The number of hydrazone groups is 1. The minimum Gasteiger partial charge on any atom is -0.321 e. The number of fused-ring (bicyclic) bond motifs is 1. The SMILES string of the molecule is O=C(Cn1cnc2ccccc21)N/N=C\C(Cl)=C/c1ccccc1. The van der Waals surface area contributed by atoms with Crippen molar-refractivity contribution in [1.29, 1.82) is 0 Å². The molecule has 1 aromatic heterocycles. The van der Waals surface area contributed by atoms with Crippen molar-refractivity contribution in [1.82, 2.24) is 15.0 Å². The highest BCUT2D eigenvalue weighted by atomic mass is 35.5. The average molecular weight is 339 g/mol. The van der Waals surface area contributed by atoms with Gasteiger partial charge in [-0.2, -0.15) is 5.10 Å². The van der Waals surface area contributed by atoms with Crippen LogP contribution in [0.4, 0.5) is 0 Å². The maximum absolute atomic E-state index is 12.0. The zero-order valence-corrected chi connectivity index (χ0v) is 13.5. The van der Waals surface area contributed by atoms with Gasteiger partial charge in [0.25, 0.3) is 5.91 Å². The number of amides is 1. The quantitative estimate of drug-likeness (QED) is 0.572. The van der Waals surface area contributed by atoms with E-state index in [9.17, 15) is 4.79 Å². The minimum absolute atomic E-state index is 0.137. The summed E-state index contributed by atoms with van der Waals surface area (Å²) >= 11 is 6.06. The second-order valence-electron chi connectivity index (χ2n) is 5.09. The Morgan fingerprint density at radius 2 is 1.92 bits per heavy atom. The van der Waals surface area contributed by atoms with E-state index in [1.54, 1.807) is 17.0 Å². The number of rotatable bonds is 5. The molecule has 24 heavy (non-hydrogen) atoms. The van der Waals surface area contributed by atoms with Crippen LogP contribution in [0.5, 0.6) is 0 Å². The van der Waals surface area contributed by atoms with Gasteiger partial charge in [-0.25, -0.2) is 10.4 Å². The van der Waals surface area contributed by atoms with E-state index in [1.807, 2.05) is 54.6 Å². The summed E-state index contributed by atoms with van der Waals surface area (Å²) in [5.74, 6) is -0.251. The van der Waals surface area contributed by atoms with Crippen molar-refractivity contribution in [2.75, 3.05) is 0 Å². The Morgan fingerprint density at radius 1 is 1.17 bits per heavy atom. The molecule has 0 unspecified atom stereocenters. The lowest BCUT2D eigenvalue weighted by Gasteiger charge is -2.02. The number of carbonyl (C=O) groups is 1. The molecule has 0 spiro atoms. The van der Waals surface area contributed by atoms with Crippen LogP contribution in [0.25, 0.3) is 17.1 Å². The number of halogens is 1. The summed E-state index contributed by atoms with van der Waals surface area (Å²) in [5.41, 5.74) is 5.17. The first-order chi connectivity index (χ1) is 11.7. The second-order valence-corrected chi connectivity index (χ2v) is 5.53. The van der Waals surface area contributed by atoms with E-state index >= 15 is 0 Å². The van der Waals surface area contributed by atoms with Crippen molar-refractivity contribution in [3.8, 4) is 0 Å². The summed E-state index contributed by atoms with van der Waals surface area (Å²) in [6.07, 6.45) is 4.80. The molecule has 5 nitrogen and oxygen atoms in total. The van der Waals surface area contributed by atoms with Crippen molar-refractivity contribution in [3.63, 3.8) is 0 Å². The fourth-order valence-corrected chi connectivity index (χ4v) is 2.41. The number of benzene rings is 2. The Hall–Kier alpha value is -2.92. The number of para-hydroxylation sites is 2. The van der Waals surface area contributed by atoms with Crippen LogP contribution in [-0.2, 0) is 11.3 Å². The third-order valence-corrected chi connectivity index (χ3v) is 3.53. The summed E-state index contributed by atoms with van der Waals surface area (Å²) in [6.45, 7) is 0.137. The molecular weight excluding hydrogens is 324 g/mol. The number of hydrogen-bond acceptors (Lipinski definition) is 3. The van der Waals surface area contributed by atoms with E-state index in [0.29, 0.717) is 5.03 Å². The lowest BCUT2D eigenvalue weighted by molar-refractivity contribution is -0.121. The van der Waals surface area contributed by atoms with Crippen molar-refractivity contribution in [2.45, 2.75) is 6.54 Å². The smallest absolute Gasteiger partial charge is 0.260 e. The average Bonchev–Trinajstić information content (AvgIpc) is 2.99. The molecule has 0 saturated heterocycles. The topological polar surface area (TPSA) is 59.3 Å². The molecule has 0 aliphatic rings. The molecule has 1 amide bonds. The van der Waals surface area contributed by atoms with Crippen molar-refractivity contribution in [2.24, 2.45) is 5.10 Å². The van der Waals surface area contributed by atoms with E-state index in [-0.39, 0.29) is 12.5 Å². The number of nitrogens with zero attached hydrogens (tertiary/aromatic N) is 3. The molecule has 2 aromatic carbocycles. The normalized spacial score (nSPS) is 12.0. The molecule has 0 radical (unpaired) electrons. The summed E-state index contributed by atoms with van der Waals surface area (Å²) in [4.78, 5) is 16.2. The van der Waals surface area contributed by atoms with Gasteiger partial charge in [0.15, 0.2) is 0 Å². The Morgan fingerprint density at radius 3 is 2.75 bits per heavy atom. The van der Waals surface area contributed by atoms with Gasteiger partial charge in [0.2, 0.25) is 0 Å². The largest absolute Gasteiger partial charge is 0.321 e. The van der Waals surface area contributed by atoms with Crippen LogP contribution in [0.15, 0.2) is 71.1 Å². The van der Waals surface area contributed by atoms with Crippen LogP contribution < -0.4 is 5.43 Å². The lowest BCUT2D eigenvalue weighted by atomic mass is 10.2. The standard InChI is InChI=1S/C18H15ClN4O/c19-15(10-14-6-2-1-3-7-14)11-21-22-18(24)12-23-13-20-16-8-4-5-9-17(16)23/h1-11,13H,12H2,(H,22,24)/b15-10+,21-11-. The Kier molecular flexibility index (Phi) is 5.03. The third-order valence-electron chi connectivity index (χ3n) is 3.32. The van der Waals surface area contributed by atoms with Crippen molar-refractivity contribution < 1.29 is 4.79 Å². The molecule has 0 bridgehead atoms. The molecule has 0 aliphatic heterocycles. The summed E-state index contributed by atoms with van der Waals surface area (Å²) in [5, 5.41) is 4.29. The van der Waals surface area contributed by atoms with E-state index in [0.717, 1.165) is 16.6 Å². The first kappa shape index (κ1) is 16.0. The van der Waals surface area contributed by atoms with Gasteiger partial charge >= 0.3 is 0 Å². The molecule has 1 N–H and O–H groups in total. The van der Waals surface area contributed by atoms with Crippen LogP contribution in [0.1, 0.15) is 5.56 Å². The predicted octanol–water partition coefficient (Wildman–Crippen LogP) is 3.42. The summed E-state index contributed by atoms with van der Waals surface area (Å²) < 4.78 is 1.77. The van der Waals surface area contributed by atoms with Gasteiger partial charge in [-0.15, -0.1) is 0 Å². The fraction of sp³-hybridized carbons (Fsp3) is 0.0556. The molecule has 0 saturated carbocycles. The monoisotopic (exact) mass is 338 g/mol. The predicted molar refractivity (Wildman–Crippen MR) is 96.6 cm³/mol. The van der Waals surface area contributed by atoms with Gasteiger partial charge < -0.3 is 4.57 Å². The maximum Gasteiger partial charge on any atom is 0.260 e. The van der Waals surface area contributed by atoms with Gasteiger partial charge in [0.1, 0.15) is 6.54 Å². The molecule has 6 heteroatoms. The maximum atomic E-state index is 12.0. The molecule has 0 atom stereocenters. The van der Waals surface area contributed by atoms with E-state index in [2.05, 4.69) is 15.5 Å². The first-order valence-electron chi connectivity index (χ1n) is 7.36. The van der Waals surface area contributed by atoms with Crippen molar-refractivity contribution in [3.05, 3.63) is 71.5 Å². The van der Waals surface area contributed by atoms with E-state index < -0.39 is 0 Å². The van der Waals surface area contributed by atoms with Gasteiger partial charge in [-0.3, -0.25) is 4.79 Å². The summed E-state index contributed by atoms with van der Waals surface area (Å²) in [6, 6.07) is 17.3. The highest BCUT2D eigenvalue weighted by Gasteiger charge is 2.05. The molecule has 0 aliphatic carbocycles. The number of imidazole rings is 1. The fourth-order valence-electron chi connectivity index (χ4n) is 2.24. The van der Waals surface area contributed by atoms with Gasteiger partial charge in [0.05, 0.1) is 28.6 Å². The minimum atomic E-state index is -0.251. The second kappa shape index (κ2) is 7.57. The third kappa shape index (κ3) is 4.08. The molecule has 3 aromatic rings. The Bertz CT molecular complexity index is 900. The zero-order chi connectivity index (χ0) is 16.8. The van der Waals surface area contributed by atoms with E-state index in [1.165, 1.54) is 6.21 Å².